The molecule has 19 nitrogen and oxygen atoms in total. The molecular weight excluding hydrogens is 975 g/mol. The first-order valence-electron chi connectivity index (χ1n) is 27.5. The molecule has 18 atom stereocenters. The van der Waals surface area contributed by atoms with E-state index in [2.05, 4.69) is 57.6 Å². The Labute approximate surface area is 452 Å². The Balaban J connectivity index is 1.20. The van der Waals surface area contributed by atoms with E-state index >= 15 is 0 Å². The first-order valence-corrected chi connectivity index (χ1v) is 27.5. The number of hydrogen-bond donors (Lipinski definition) is 5. The standard InChI is InChI=1S/C57H93N7O12/c1-16-46-57(10,70)51(66)38(6)63(14)31-34(2)28-55(8,69)53(36(4)50(37(5)54(68)74-46)75-49-29-56(9,71-15)52(67)39(7)73-49)76-48-27-44(25-35(3)72-48)62(13)24-23-43-32-64(60-59-43)45(33-65)26-40-17-19-41(20-18-40)42-21-22-47(58-30-42)61(11)12/h17-22,30,32,34-39,44-46,48-53,65-67,69-70H,16,23-29,31,33H2,1-15H3/t34-,35-,36+,37-,38-,39+,44+,45+,46-,48+,49+,50+,51-,52+,53-,55-,56-,57-/m1/s1. The van der Waals surface area contributed by atoms with Crippen molar-refractivity contribution in [1.82, 2.24) is 29.8 Å². The monoisotopic (exact) mass is 1070 g/mol. The van der Waals surface area contributed by atoms with E-state index in [0.717, 1.165) is 34.6 Å². The maximum absolute atomic E-state index is 14.5. The van der Waals surface area contributed by atoms with Crippen molar-refractivity contribution in [3.8, 4) is 11.1 Å². The summed E-state index contributed by atoms with van der Waals surface area (Å²) in [6.45, 7) is 19.0. The lowest BCUT2D eigenvalue weighted by molar-refractivity contribution is -0.308. The van der Waals surface area contributed by atoms with E-state index in [0.29, 0.717) is 32.4 Å². The lowest BCUT2D eigenvalue weighted by Crippen LogP contribution is -2.59. The van der Waals surface area contributed by atoms with Crippen LogP contribution in [0.4, 0.5) is 5.82 Å². The van der Waals surface area contributed by atoms with Gasteiger partial charge >= 0.3 is 5.97 Å². The molecule has 6 rings (SSSR count). The van der Waals surface area contributed by atoms with E-state index in [1.54, 1.807) is 39.3 Å². The summed E-state index contributed by atoms with van der Waals surface area (Å²) in [6, 6.07) is 11.5. The normalized spacial score (nSPS) is 37.0. The molecule has 76 heavy (non-hydrogen) atoms. The Morgan fingerprint density at radius 1 is 0.895 bits per heavy atom. The average molecular weight is 1070 g/mol. The number of hydrogen-bond acceptors (Lipinski definition) is 18. The van der Waals surface area contributed by atoms with Crippen molar-refractivity contribution < 1.29 is 58.7 Å². The van der Waals surface area contributed by atoms with Crippen LogP contribution < -0.4 is 4.90 Å². The van der Waals surface area contributed by atoms with Gasteiger partial charge in [0.1, 0.15) is 29.7 Å². The fourth-order valence-corrected chi connectivity index (χ4v) is 11.9. The fourth-order valence-electron chi connectivity index (χ4n) is 11.9. The third-order valence-electron chi connectivity index (χ3n) is 16.9. The number of aliphatic hydroxyl groups is 5. The number of cyclic esters (lactones) is 1. The topological polar surface area (TPSA) is 227 Å². The molecule has 0 amide bonds. The van der Waals surface area contributed by atoms with Gasteiger partial charge in [-0.2, -0.15) is 0 Å². The van der Waals surface area contributed by atoms with Gasteiger partial charge in [-0.05, 0) is 117 Å². The maximum Gasteiger partial charge on any atom is 0.311 e. The molecule has 3 fully saturated rings. The van der Waals surface area contributed by atoms with Crippen LogP contribution in [-0.4, -0.2) is 200 Å². The summed E-state index contributed by atoms with van der Waals surface area (Å²) in [5, 5.41) is 67.0. The highest BCUT2D eigenvalue weighted by Gasteiger charge is 2.52. The summed E-state index contributed by atoms with van der Waals surface area (Å²) in [5.41, 5.74) is -0.407. The molecule has 2 aromatic heterocycles. The van der Waals surface area contributed by atoms with Gasteiger partial charge in [-0.15, -0.1) is 5.10 Å². The van der Waals surface area contributed by atoms with Crippen molar-refractivity contribution in [2.24, 2.45) is 17.8 Å². The van der Waals surface area contributed by atoms with Crippen molar-refractivity contribution >= 4 is 11.8 Å². The van der Waals surface area contributed by atoms with Crippen LogP contribution in [-0.2, 0) is 46.1 Å². The minimum absolute atomic E-state index is 0.0247. The van der Waals surface area contributed by atoms with Crippen LogP contribution in [0.3, 0.4) is 0 Å². The minimum Gasteiger partial charge on any atom is -0.459 e. The van der Waals surface area contributed by atoms with Crippen LogP contribution in [0.2, 0.25) is 0 Å². The van der Waals surface area contributed by atoms with Crippen molar-refractivity contribution in [3.05, 3.63) is 60.0 Å². The van der Waals surface area contributed by atoms with Gasteiger partial charge in [-0.25, -0.2) is 9.67 Å². The number of likely N-dealkylation sites (N-methyl/N-ethyl adjacent to an activating group) is 2. The van der Waals surface area contributed by atoms with E-state index in [-0.39, 0.29) is 50.0 Å². The Bertz CT molecular complexity index is 2270. The highest BCUT2D eigenvalue weighted by Crippen LogP contribution is 2.40. The Hall–Kier alpha value is -3.70. The van der Waals surface area contributed by atoms with Gasteiger partial charge in [0, 0.05) is 89.5 Å². The predicted octanol–water partition coefficient (Wildman–Crippen LogP) is 5.04. The molecule has 19 heteroatoms. The largest absolute Gasteiger partial charge is 0.459 e. The highest BCUT2D eigenvalue weighted by molar-refractivity contribution is 5.73. The molecule has 0 bridgehead atoms. The molecule has 0 unspecified atom stereocenters. The molecule has 3 aromatic rings. The first-order chi connectivity index (χ1) is 35.7. The number of carbonyl (C=O) groups is 1. The molecule has 3 aliphatic rings. The van der Waals surface area contributed by atoms with Crippen molar-refractivity contribution in [2.75, 3.05) is 59.9 Å². The van der Waals surface area contributed by atoms with Crippen LogP contribution in [0.15, 0.2) is 48.8 Å². The van der Waals surface area contributed by atoms with Gasteiger partial charge in [0.05, 0.1) is 59.9 Å². The summed E-state index contributed by atoms with van der Waals surface area (Å²) in [5.74, 6) is -1.62. The maximum atomic E-state index is 14.5. The molecule has 5 heterocycles. The molecule has 1 aromatic carbocycles. The zero-order valence-electron chi connectivity index (χ0n) is 48.1. The molecule has 0 radical (unpaired) electrons. The summed E-state index contributed by atoms with van der Waals surface area (Å²) in [6.07, 6.45) is -1.05. The molecule has 5 N–H and O–H groups in total. The van der Waals surface area contributed by atoms with E-state index in [1.165, 1.54) is 14.0 Å². The second-order valence-corrected chi connectivity index (χ2v) is 23.6. The van der Waals surface area contributed by atoms with Crippen LogP contribution in [0.1, 0.15) is 119 Å². The van der Waals surface area contributed by atoms with E-state index in [1.807, 2.05) is 77.1 Å². The van der Waals surface area contributed by atoms with E-state index in [9.17, 15) is 30.3 Å². The van der Waals surface area contributed by atoms with Gasteiger partial charge in [0.15, 0.2) is 12.6 Å². The van der Waals surface area contributed by atoms with Crippen molar-refractivity contribution in [1.29, 1.82) is 0 Å². The SMILES string of the molecule is CC[C@H]1OC(=O)[C@H](C)[C@@H](O[C@H]2C[C@@](C)(OC)[C@@H](O)[C@H](C)O2)[C@H](C)[C@@H](O[C@H]2C[C@@H](N(C)CCc3cn([C@H](CO)Cc4ccc(-c5ccc(N(C)C)nc5)cc4)nn3)C[C@@H](C)O2)[C@](C)(O)C[C@@H](C)CN(C)[C@H](C)[C@@H](O)[C@]1(C)O. The second-order valence-electron chi connectivity index (χ2n) is 23.6. The number of nitrogens with zero attached hydrogens (tertiary/aromatic N) is 7. The predicted molar refractivity (Wildman–Crippen MR) is 289 cm³/mol. The number of anilines is 1. The first kappa shape index (κ1) is 61.5. The number of rotatable bonds is 16. The summed E-state index contributed by atoms with van der Waals surface area (Å²) in [7, 11) is 9.40. The Morgan fingerprint density at radius 3 is 2.20 bits per heavy atom. The average Bonchev–Trinajstić information content (AvgIpc) is 3.86. The lowest BCUT2D eigenvalue weighted by Gasteiger charge is -2.48. The van der Waals surface area contributed by atoms with Gasteiger partial charge in [0.25, 0.3) is 0 Å². The van der Waals surface area contributed by atoms with Crippen molar-refractivity contribution in [3.63, 3.8) is 0 Å². The van der Waals surface area contributed by atoms with E-state index in [4.69, 9.17) is 28.4 Å². The summed E-state index contributed by atoms with van der Waals surface area (Å²) in [4.78, 5) is 25.3. The second kappa shape index (κ2) is 26.1. The number of pyridine rings is 1. The summed E-state index contributed by atoms with van der Waals surface area (Å²) >= 11 is 0. The van der Waals surface area contributed by atoms with Gasteiger partial charge in [0.2, 0.25) is 0 Å². The number of esters is 1. The molecular formula is C57H93N7O12. The smallest absolute Gasteiger partial charge is 0.311 e. The van der Waals surface area contributed by atoms with Gasteiger partial charge in [-0.3, -0.25) is 4.79 Å². The number of carbonyl (C=O) groups excluding carboxylic acids is 1. The number of aliphatic hydroxyl groups excluding tert-OH is 3. The Kier molecular flexibility index (Phi) is 21.1. The molecule has 3 saturated heterocycles. The van der Waals surface area contributed by atoms with Crippen molar-refractivity contribution in [2.45, 2.75) is 204 Å². The van der Waals surface area contributed by atoms with Gasteiger partial charge in [-0.1, -0.05) is 50.3 Å². The number of ether oxygens (including phenoxy) is 6. The molecule has 428 valence electrons. The summed E-state index contributed by atoms with van der Waals surface area (Å²) < 4.78 is 40.5. The number of methoxy groups -OCH3 is 1. The van der Waals surface area contributed by atoms with Crippen LogP contribution >= 0.6 is 0 Å². The molecule has 3 aliphatic heterocycles. The number of benzene rings is 1. The van der Waals surface area contributed by atoms with Gasteiger partial charge < -0.3 is 68.7 Å². The minimum atomic E-state index is -1.81. The molecule has 0 spiro atoms. The fraction of sp³-hybridized carbons (Fsp3) is 0.754. The molecule has 0 aliphatic carbocycles. The lowest BCUT2D eigenvalue weighted by atomic mass is 9.77. The van der Waals surface area contributed by atoms with Crippen LogP contribution in [0.5, 0.6) is 0 Å². The van der Waals surface area contributed by atoms with E-state index < -0.39 is 89.9 Å². The van der Waals surface area contributed by atoms with Crippen LogP contribution in [0.25, 0.3) is 11.1 Å². The molecule has 0 saturated carbocycles. The zero-order chi connectivity index (χ0) is 56.0. The quantitative estimate of drug-likeness (QED) is 0.119. The third-order valence-corrected chi connectivity index (χ3v) is 16.9. The third kappa shape index (κ3) is 14.7. The van der Waals surface area contributed by atoms with Crippen LogP contribution in [0, 0.1) is 17.8 Å². The Morgan fingerprint density at radius 2 is 1.58 bits per heavy atom. The number of aromatic nitrogens is 4. The zero-order valence-corrected chi connectivity index (χ0v) is 48.1. The highest BCUT2D eigenvalue weighted by atomic mass is 16.7.